The molecule has 2 heteroatoms. The molecule has 0 aromatic heterocycles. The third-order valence-corrected chi connectivity index (χ3v) is 5.04. The molecular weight excluding hydrogens is 310 g/mol. The molecule has 0 amide bonds. The summed E-state index contributed by atoms with van der Waals surface area (Å²) in [5, 5.41) is 0. The van der Waals surface area contributed by atoms with Gasteiger partial charge >= 0.3 is 0 Å². The summed E-state index contributed by atoms with van der Waals surface area (Å²) >= 11 is 0. The molecule has 0 aromatic carbocycles. The van der Waals surface area contributed by atoms with Crippen molar-refractivity contribution in [3.05, 3.63) is 0 Å². The van der Waals surface area contributed by atoms with Crippen molar-refractivity contribution in [1.29, 1.82) is 0 Å². The van der Waals surface area contributed by atoms with E-state index in [0.29, 0.717) is 0 Å². The number of likely N-dealkylation sites (tertiary alicyclic amines) is 1. The third kappa shape index (κ3) is 8.02. The number of hydrogen-bond acceptors (Lipinski definition) is 0. The fourth-order valence-corrected chi connectivity index (χ4v) is 3.73. The first-order valence-electron chi connectivity index (χ1n) is 8.93. The largest absolute Gasteiger partial charge is 1.00 e. The fraction of sp³-hybridized carbons (Fsp3) is 1.00. The maximum atomic E-state index is 2.48. The summed E-state index contributed by atoms with van der Waals surface area (Å²) in [4.78, 5) is 0. The molecule has 1 saturated heterocycles. The molecule has 1 atom stereocenters. The van der Waals surface area contributed by atoms with Crippen LogP contribution in [0.1, 0.15) is 79.1 Å². The minimum absolute atomic E-state index is 0. The van der Waals surface area contributed by atoms with Gasteiger partial charge < -0.3 is 21.5 Å². The van der Waals surface area contributed by atoms with E-state index in [1.54, 1.807) is 0 Å². The zero-order valence-corrected chi connectivity index (χ0v) is 16.1. The fourth-order valence-electron chi connectivity index (χ4n) is 3.73. The zero-order valence-electron chi connectivity index (χ0n) is 14.5. The summed E-state index contributed by atoms with van der Waals surface area (Å²) in [6, 6.07) is 0. The Labute approximate surface area is 138 Å². The second-order valence-corrected chi connectivity index (χ2v) is 7.52. The predicted molar refractivity (Wildman–Crippen MR) is 86.3 cm³/mol. The molecule has 0 saturated carbocycles. The van der Waals surface area contributed by atoms with E-state index in [1.165, 1.54) is 82.0 Å². The van der Waals surface area contributed by atoms with Gasteiger partial charge in [0.2, 0.25) is 0 Å². The number of nitrogens with zero attached hydrogens (tertiary/aromatic N) is 1. The maximum absolute atomic E-state index is 2.48. The molecule has 1 heterocycles. The maximum Gasteiger partial charge on any atom is 0.0789 e. The normalized spacial score (nSPS) is 19.6. The molecular formula is C18H38BrN. The quantitative estimate of drug-likeness (QED) is 0.561. The van der Waals surface area contributed by atoms with Gasteiger partial charge in [-0.25, -0.2) is 0 Å². The Kier molecular flexibility index (Phi) is 11.3. The average molecular weight is 348 g/mol. The highest BCUT2D eigenvalue weighted by Crippen LogP contribution is 2.23. The van der Waals surface area contributed by atoms with E-state index in [4.69, 9.17) is 0 Å². The monoisotopic (exact) mass is 347 g/mol. The topological polar surface area (TPSA) is 0 Å². The lowest BCUT2D eigenvalue weighted by atomic mass is 9.96. The molecule has 0 radical (unpaired) electrons. The van der Waals surface area contributed by atoms with E-state index in [1.807, 2.05) is 0 Å². The number of halogens is 1. The Morgan fingerprint density at radius 2 is 1.50 bits per heavy atom. The van der Waals surface area contributed by atoms with Crippen molar-refractivity contribution in [2.45, 2.75) is 79.1 Å². The molecule has 1 unspecified atom stereocenters. The Balaban J connectivity index is 0.00000361. The van der Waals surface area contributed by atoms with Crippen molar-refractivity contribution >= 4 is 0 Å². The van der Waals surface area contributed by atoms with Gasteiger partial charge in [0.15, 0.2) is 0 Å². The van der Waals surface area contributed by atoms with Gasteiger partial charge in [-0.3, -0.25) is 0 Å². The van der Waals surface area contributed by atoms with Crippen LogP contribution in [0, 0.1) is 11.8 Å². The minimum atomic E-state index is 0. The Hall–Kier alpha value is 0.440. The van der Waals surface area contributed by atoms with Crippen LogP contribution in [0.25, 0.3) is 0 Å². The second kappa shape index (κ2) is 11.1. The van der Waals surface area contributed by atoms with Gasteiger partial charge in [0.25, 0.3) is 0 Å². The van der Waals surface area contributed by atoms with Crippen molar-refractivity contribution in [3.8, 4) is 0 Å². The van der Waals surface area contributed by atoms with E-state index < -0.39 is 0 Å². The Morgan fingerprint density at radius 1 is 0.850 bits per heavy atom. The first kappa shape index (κ1) is 20.4. The van der Waals surface area contributed by atoms with Crippen LogP contribution >= 0.6 is 0 Å². The summed E-state index contributed by atoms with van der Waals surface area (Å²) in [5.74, 6) is 1.82. The summed E-state index contributed by atoms with van der Waals surface area (Å²) in [6.07, 6.45) is 11.5. The highest BCUT2D eigenvalue weighted by atomic mass is 79.9. The molecule has 0 aromatic rings. The van der Waals surface area contributed by atoms with Crippen LogP contribution in [0.4, 0.5) is 0 Å². The summed E-state index contributed by atoms with van der Waals surface area (Å²) < 4.78 is 1.45. The van der Waals surface area contributed by atoms with E-state index in [0.717, 1.165) is 11.8 Å². The van der Waals surface area contributed by atoms with Gasteiger partial charge in [-0.1, -0.05) is 47.0 Å². The van der Waals surface area contributed by atoms with Gasteiger partial charge in [0.1, 0.15) is 0 Å². The number of hydrogen-bond donors (Lipinski definition) is 0. The lowest BCUT2D eigenvalue weighted by Crippen LogP contribution is -3.00. The number of piperidine rings is 1. The summed E-state index contributed by atoms with van der Waals surface area (Å²) in [7, 11) is 0. The summed E-state index contributed by atoms with van der Waals surface area (Å²) in [6.45, 7) is 15.3. The smallest absolute Gasteiger partial charge is 0.0789 e. The van der Waals surface area contributed by atoms with Crippen LogP contribution in [0.3, 0.4) is 0 Å². The van der Waals surface area contributed by atoms with E-state index in [-0.39, 0.29) is 17.0 Å². The first-order chi connectivity index (χ1) is 9.08. The van der Waals surface area contributed by atoms with E-state index >= 15 is 0 Å². The molecule has 0 aliphatic carbocycles. The lowest BCUT2D eigenvalue weighted by molar-refractivity contribution is -0.933. The number of quaternary nitrogens is 1. The minimum Gasteiger partial charge on any atom is -1.00 e. The SMILES string of the molecule is CCC[N+]1(CCC(C)CCCC(C)C)CCCCC1.[Br-]. The van der Waals surface area contributed by atoms with E-state index in [2.05, 4.69) is 27.7 Å². The third-order valence-electron chi connectivity index (χ3n) is 5.04. The number of rotatable bonds is 9. The van der Waals surface area contributed by atoms with Crippen molar-refractivity contribution in [2.24, 2.45) is 11.8 Å². The van der Waals surface area contributed by atoms with Crippen molar-refractivity contribution in [2.75, 3.05) is 26.2 Å². The molecule has 0 N–H and O–H groups in total. The zero-order chi connectivity index (χ0) is 14.1. The molecule has 1 fully saturated rings. The van der Waals surface area contributed by atoms with Crippen LogP contribution in [0.15, 0.2) is 0 Å². The molecule has 1 aliphatic heterocycles. The van der Waals surface area contributed by atoms with Crippen LogP contribution < -0.4 is 17.0 Å². The standard InChI is InChI=1S/C18H38N.BrH/c1-5-13-19(14-7-6-8-15-19)16-12-18(4)11-9-10-17(2)3;/h17-18H,5-16H2,1-4H3;1H/q+1;/p-1. The van der Waals surface area contributed by atoms with Gasteiger partial charge in [-0.2, -0.15) is 0 Å². The van der Waals surface area contributed by atoms with Crippen LogP contribution in [-0.2, 0) is 0 Å². The highest BCUT2D eigenvalue weighted by Gasteiger charge is 2.28. The molecule has 122 valence electrons. The first-order valence-corrected chi connectivity index (χ1v) is 8.93. The Bertz CT molecular complexity index is 216. The Morgan fingerprint density at radius 3 is 2.05 bits per heavy atom. The van der Waals surface area contributed by atoms with Crippen molar-refractivity contribution in [1.82, 2.24) is 0 Å². The van der Waals surface area contributed by atoms with E-state index in [9.17, 15) is 0 Å². The molecule has 0 spiro atoms. The van der Waals surface area contributed by atoms with Gasteiger partial charge in [-0.05, 0) is 43.9 Å². The predicted octanol–water partition coefficient (Wildman–Crippen LogP) is 2.25. The second-order valence-electron chi connectivity index (χ2n) is 7.52. The average Bonchev–Trinajstić information content (AvgIpc) is 2.38. The van der Waals surface area contributed by atoms with Gasteiger partial charge in [0, 0.05) is 0 Å². The highest BCUT2D eigenvalue weighted by molar-refractivity contribution is 4.59. The van der Waals surface area contributed by atoms with Crippen molar-refractivity contribution < 1.29 is 21.5 Å². The lowest BCUT2D eigenvalue weighted by Gasteiger charge is -2.42. The molecule has 0 bridgehead atoms. The molecule has 20 heavy (non-hydrogen) atoms. The van der Waals surface area contributed by atoms with Gasteiger partial charge in [0.05, 0.1) is 26.2 Å². The molecule has 1 nitrogen and oxygen atoms in total. The molecule has 1 aliphatic rings. The van der Waals surface area contributed by atoms with Crippen LogP contribution in [-0.4, -0.2) is 30.7 Å². The van der Waals surface area contributed by atoms with Crippen LogP contribution in [0.2, 0.25) is 0 Å². The summed E-state index contributed by atoms with van der Waals surface area (Å²) in [5.41, 5.74) is 0. The van der Waals surface area contributed by atoms with Crippen molar-refractivity contribution in [3.63, 3.8) is 0 Å². The molecule has 1 rings (SSSR count). The van der Waals surface area contributed by atoms with Crippen LogP contribution in [0.5, 0.6) is 0 Å². The van der Waals surface area contributed by atoms with Gasteiger partial charge in [-0.15, -0.1) is 0 Å².